The van der Waals surface area contributed by atoms with Crippen molar-refractivity contribution >= 4 is 23.4 Å². The maximum Gasteiger partial charge on any atom is 0.323 e. The summed E-state index contributed by atoms with van der Waals surface area (Å²) in [7, 11) is 0. The summed E-state index contributed by atoms with van der Waals surface area (Å²) in [5, 5.41) is 14.3. The van der Waals surface area contributed by atoms with E-state index in [0.717, 1.165) is 11.1 Å². The zero-order valence-corrected chi connectivity index (χ0v) is 14.3. The molecule has 6 nitrogen and oxygen atoms in total. The first kappa shape index (κ1) is 18.3. The van der Waals surface area contributed by atoms with E-state index in [0.29, 0.717) is 30.2 Å². The van der Waals surface area contributed by atoms with Gasteiger partial charge in [-0.15, -0.1) is 0 Å². The fourth-order valence-corrected chi connectivity index (χ4v) is 2.35. The molecule has 0 fully saturated rings. The predicted octanol–water partition coefficient (Wildman–Crippen LogP) is 4.05. The van der Waals surface area contributed by atoms with Crippen molar-refractivity contribution in [3.05, 3.63) is 53.6 Å². The number of aliphatic carboxylic acids is 1. The molecule has 0 spiro atoms. The van der Waals surface area contributed by atoms with Crippen molar-refractivity contribution in [1.29, 1.82) is 0 Å². The first-order valence-electron chi connectivity index (χ1n) is 8.10. The molecule has 0 aliphatic rings. The minimum absolute atomic E-state index is 0.0523. The molecular weight excluding hydrogens is 320 g/mol. The van der Waals surface area contributed by atoms with Crippen molar-refractivity contribution in [1.82, 2.24) is 0 Å². The molecule has 0 aromatic heterocycles. The lowest BCUT2D eigenvalue weighted by molar-refractivity contribution is -0.136. The first-order chi connectivity index (χ1) is 12.0. The van der Waals surface area contributed by atoms with Gasteiger partial charge in [-0.05, 0) is 55.7 Å². The van der Waals surface area contributed by atoms with Crippen LogP contribution in [0.25, 0.3) is 0 Å². The van der Waals surface area contributed by atoms with Gasteiger partial charge in [-0.1, -0.05) is 18.2 Å². The SMILES string of the molecule is CCOc1cc(C)ccc1NC(=O)Nc1cccc(CCC(=O)O)c1. The largest absolute Gasteiger partial charge is 0.492 e. The summed E-state index contributed by atoms with van der Waals surface area (Å²) in [6.07, 6.45) is 0.468. The van der Waals surface area contributed by atoms with Crippen LogP contribution in [0.15, 0.2) is 42.5 Å². The van der Waals surface area contributed by atoms with Gasteiger partial charge >= 0.3 is 12.0 Å². The molecule has 0 atom stereocenters. The molecule has 0 unspecified atom stereocenters. The molecule has 0 bridgehead atoms. The summed E-state index contributed by atoms with van der Waals surface area (Å²) in [5.41, 5.74) is 3.09. The molecule has 0 aliphatic carbocycles. The number of carbonyl (C=O) groups excluding carboxylic acids is 1. The molecule has 2 aromatic rings. The molecule has 132 valence electrons. The Morgan fingerprint density at radius 3 is 2.64 bits per heavy atom. The number of carboxylic acids is 1. The number of amides is 2. The van der Waals surface area contributed by atoms with Crippen LogP contribution in [0.3, 0.4) is 0 Å². The Kier molecular flexibility index (Phi) is 6.39. The number of carbonyl (C=O) groups is 2. The van der Waals surface area contributed by atoms with E-state index in [-0.39, 0.29) is 12.5 Å². The molecule has 2 aromatic carbocycles. The maximum absolute atomic E-state index is 12.2. The summed E-state index contributed by atoms with van der Waals surface area (Å²) in [6, 6.07) is 12.3. The fourth-order valence-electron chi connectivity index (χ4n) is 2.35. The average molecular weight is 342 g/mol. The van der Waals surface area contributed by atoms with Crippen molar-refractivity contribution in [3.63, 3.8) is 0 Å². The van der Waals surface area contributed by atoms with Crippen molar-refractivity contribution in [2.24, 2.45) is 0 Å². The number of hydrogen-bond donors (Lipinski definition) is 3. The number of hydrogen-bond acceptors (Lipinski definition) is 3. The quantitative estimate of drug-likeness (QED) is 0.708. The summed E-state index contributed by atoms with van der Waals surface area (Å²) in [4.78, 5) is 22.9. The number of aryl methyl sites for hydroxylation is 2. The van der Waals surface area contributed by atoms with Crippen LogP contribution < -0.4 is 15.4 Å². The Morgan fingerprint density at radius 1 is 1.12 bits per heavy atom. The van der Waals surface area contributed by atoms with E-state index in [1.165, 1.54) is 0 Å². The predicted molar refractivity (Wildman–Crippen MR) is 97.4 cm³/mol. The third-order valence-electron chi connectivity index (χ3n) is 3.50. The molecule has 0 heterocycles. The number of carboxylic acid groups (broad SMARTS) is 1. The Balaban J connectivity index is 2.03. The molecule has 2 amide bonds. The van der Waals surface area contributed by atoms with Gasteiger partial charge in [-0.3, -0.25) is 4.79 Å². The molecule has 0 saturated heterocycles. The van der Waals surface area contributed by atoms with Crippen LogP contribution >= 0.6 is 0 Å². The third-order valence-corrected chi connectivity index (χ3v) is 3.50. The van der Waals surface area contributed by atoms with E-state index >= 15 is 0 Å². The number of anilines is 2. The van der Waals surface area contributed by atoms with Crippen molar-refractivity contribution in [2.45, 2.75) is 26.7 Å². The minimum atomic E-state index is -0.848. The van der Waals surface area contributed by atoms with Gasteiger partial charge in [0.1, 0.15) is 5.75 Å². The molecular formula is C19H22N2O4. The maximum atomic E-state index is 12.2. The van der Waals surface area contributed by atoms with E-state index in [2.05, 4.69) is 10.6 Å². The zero-order chi connectivity index (χ0) is 18.2. The van der Waals surface area contributed by atoms with Gasteiger partial charge in [-0.25, -0.2) is 4.79 Å². The Hall–Kier alpha value is -3.02. The normalized spacial score (nSPS) is 10.2. The Labute approximate surface area is 146 Å². The van der Waals surface area contributed by atoms with E-state index in [1.807, 2.05) is 32.0 Å². The lowest BCUT2D eigenvalue weighted by Crippen LogP contribution is -2.20. The molecule has 3 N–H and O–H groups in total. The number of benzene rings is 2. The van der Waals surface area contributed by atoms with Crippen LogP contribution in [0.4, 0.5) is 16.2 Å². The second kappa shape index (κ2) is 8.73. The third kappa shape index (κ3) is 5.84. The van der Waals surface area contributed by atoms with Gasteiger partial charge in [0.05, 0.1) is 12.3 Å². The molecule has 0 aliphatic heterocycles. The van der Waals surface area contributed by atoms with Crippen molar-refractivity contribution < 1.29 is 19.4 Å². The van der Waals surface area contributed by atoms with Gasteiger partial charge in [0.25, 0.3) is 0 Å². The van der Waals surface area contributed by atoms with Crippen LogP contribution in [-0.4, -0.2) is 23.7 Å². The van der Waals surface area contributed by atoms with Crippen LogP contribution in [0, 0.1) is 6.92 Å². The highest BCUT2D eigenvalue weighted by Gasteiger charge is 2.09. The van der Waals surface area contributed by atoms with Gasteiger partial charge < -0.3 is 20.5 Å². The number of ether oxygens (including phenoxy) is 1. The summed E-state index contributed by atoms with van der Waals surface area (Å²) in [6.45, 7) is 4.34. The molecule has 0 radical (unpaired) electrons. The molecule has 25 heavy (non-hydrogen) atoms. The summed E-state index contributed by atoms with van der Waals surface area (Å²) < 4.78 is 5.54. The Bertz CT molecular complexity index is 759. The highest BCUT2D eigenvalue weighted by Crippen LogP contribution is 2.26. The molecule has 2 rings (SSSR count). The van der Waals surface area contributed by atoms with Gasteiger partial charge in [0, 0.05) is 12.1 Å². The summed E-state index contributed by atoms with van der Waals surface area (Å²) >= 11 is 0. The smallest absolute Gasteiger partial charge is 0.323 e. The van der Waals surface area contributed by atoms with E-state index in [4.69, 9.17) is 9.84 Å². The molecule has 6 heteroatoms. The van der Waals surface area contributed by atoms with Crippen LogP contribution in [0.1, 0.15) is 24.5 Å². The van der Waals surface area contributed by atoms with Gasteiger partial charge in [-0.2, -0.15) is 0 Å². The van der Waals surface area contributed by atoms with Crippen LogP contribution in [0.5, 0.6) is 5.75 Å². The fraction of sp³-hybridized carbons (Fsp3) is 0.263. The first-order valence-corrected chi connectivity index (χ1v) is 8.10. The number of rotatable bonds is 7. The highest BCUT2D eigenvalue weighted by molar-refractivity contribution is 6.00. The summed E-state index contributed by atoms with van der Waals surface area (Å²) in [5.74, 6) is -0.230. The van der Waals surface area contributed by atoms with Crippen LogP contribution in [-0.2, 0) is 11.2 Å². The second-order valence-corrected chi connectivity index (χ2v) is 5.61. The van der Waals surface area contributed by atoms with Gasteiger partial charge in [0.2, 0.25) is 0 Å². The Morgan fingerprint density at radius 2 is 1.92 bits per heavy atom. The van der Waals surface area contributed by atoms with Crippen LogP contribution in [0.2, 0.25) is 0 Å². The highest BCUT2D eigenvalue weighted by atomic mass is 16.5. The van der Waals surface area contributed by atoms with Crippen molar-refractivity contribution in [3.8, 4) is 5.75 Å². The topological polar surface area (TPSA) is 87.7 Å². The van der Waals surface area contributed by atoms with E-state index in [9.17, 15) is 9.59 Å². The average Bonchev–Trinajstić information content (AvgIpc) is 2.56. The van der Waals surface area contributed by atoms with Crippen molar-refractivity contribution in [2.75, 3.05) is 17.2 Å². The second-order valence-electron chi connectivity index (χ2n) is 5.61. The van der Waals surface area contributed by atoms with E-state index < -0.39 is 5.97 Å². The minimum Gasteiger partial charge on any atom is -0.492 e. The number of nitrogens with one attached hydrogen (secondary N) is 2. The monoisotopic (exact) mass is 342 g/mol. The van der Waals surface area contributed by atoms with E-state index in [1.54, 1.807) is 24.3 Å². The lowest BCUT2D eigenvalue weighted by atomic mass is 10.1. The number of urea groups is 1. The lowest BCUT2D eigenvalue weighted by Gasteiger charge is -2.13. The van der Waals surface area contributed by atoms with Gasteiger partial charge in [0.15, 0.2) is 0 Å². The standard InChI is InChI=1S/C19H22N2O4/c1-3-25-17-11-13(2)7-9-16(17)21-19(24)20-15-6-4-5-14(12-15)8-10-18(22)23/h4-7,9,11-12H,3,8,10H2,1-2H3,(H,22,23)(H2,20,21,24). The zero-order valence-electron chi connectivity index (χ0n) is 14.3. The molecule has 0 saturated carbocycles.